The van der Waals surface area contributed by atoms with Crippen LogP contribution in [0, 0.1) is 5.92 Å². The maximum absolute atomic E-state index is 12.5. The first-order chi connectivity index (χ1) is 10.4. The summed E-state index contributed by atoms with van der Waals surface area (Å²) in [5, 5.41) is 5.56. The molecule has 0 spiro atoms. The van der Waals surface area contributed by atoms with Gasteiger partial charge in [-0.25, -0.2) is 4.98 Å². The number of carbonyl (C=O) groups excluding carboxylic acids is 1. The van der Waals surface area contributed by atoms with Crippen LogP contribution in [0.5, 0.6) is 5.88 Å². The number of hydrogen-bond acceptors (Lipinski definition) is 4. The van der Waals surface area contributed by atoms with Crippen molar-refractivity contribution in [1.82, 2.24) is 15.6 Å². The summed E-state index contributed by atoms with van der Waals surface area (Å²) in [6.45, 7) is 1.77. The van der Waals surface area contributed by atoms with Crippen molar-refractivity contribution >= 4 is 17.5 Å². The van der Waals surface area contributed by atoms with Crippen LogP contribution >= 0.6 is 11.6 Å². The van der Waals surface area contributed by atoms with E-state index < -0.39 is 11.7 Å². The first kappa shape index (κ1) is 16.8. The van der Waals surface area contributed by atoms with Crippen LogP contribution in [-0.2, 0) is 11.0 Å². The summed E-state index contributed by atoms with van der Waals surface area (Å²) >= 11 is 5.70. The molecule has 122 valence electrons. The first-order valence-corrected chi connectivity index (χ1v) is 7.09. The number of pyridine rings is 1. The molecule has 2 N–H and O–H groups in total. The van der Waals surface area contributed by atoms with Crippen LogP contribution in [0.15, 0.2) is 12.3 Å². The van der Waals surface area contributed by atoms with E-state index in [4.69, 9.17) is 16.3 Å². The van der Waals surface area contributed by atoms with Crippen LogP contribution in [0.4, 0.5) is 13.2 Å². The number of amides is 1. The van der Waals surface area contributed by atoms with Gasteiger partial charge in [0.2, 0.25) is 11.8 Å². The van der Waals surface area contributed by atoms with E-state index in [0.717, 1.165) is 19.0 Å². The molecule has 5 nitrogen and oxygen atoms in total. The van der Waals surface area contributed by atoms with E-state index >= 15 is 0 Å². The summed E-state index contributed by atoms with van der Waals surface area (Å²) < 4.78 is 42.5. The highest BCUT2D eigenvalue weighted by atomic mass is 35.5. The molecule has 1 aliphatic heterocycles. The second kappa shape index (κ2) is 7.15. The predicted molar refractivity (Wildman–Crippen MR) is 73.7 cm³/mol. The zero-order chi connectivity index (χ0) is 16.2. The van der Waals surface area contributed by atoms with Gasteiger partial charge in [0.1, 0.15) is 11.6 Å². The topological polar surface area (TPSA) is 63.2 Å². The molecule has 0 radical (unpaired) electrons. The number of carbonyl (C=O) groups is 1. The van der Waals surface area contributed by atoms with Crippen LogP contribution in [-0.4, -0.2) is 37.1 Å². The Bertz CT molecular complexity index is 534. The Balaban J connectivity index is 1.78. The molecule has 1 aromatic rings. The van der Waals surface area contributed by atoms with Crippen molar-refractivity contribution in [1.29, 1.82) is 0 Å². The minimum atomic E-state index is -4.50. The highest BCUT2D eigenvalue weighted by Crippen LogP contribution is 2.32. The van der Waals surface area contributed by atoms with E-state index in [2.05, 4.69) is 15.6 Å². The Morgan fingerprint density at radius 3 is 2.91 bits per heavy atom. The van der Waals surface area contributed by atoms with Gasteiger partial charge in [-0.2, -0.15) is 13.2 Å². The van der Waals surface area contributed by atoms with Gasteiger partial charge in [0.25, 0.3) is 0 Å². The molecule has 1 aliphatic rings. The summed E-state index contributed by atoms with van der Waals surface area (Å²) in [6, 6.07) is 0.757. The highest BCUT2D eigenvalue weighted by molar-refractivity contribution is 6.31. The average Bonchev–Trinajstić information content (AvgIpc) is 2.97. The second-order valence-corrected chi connectivity index (χ2v) is 5.25. The highest BCUT2D eigenvalue weighted by Gasteiger charge is 2.31. The number of hydrogen-bond donors (Lipinski definition) is 2. The van der Waals surface area contributed by atoms with Crippen LogP contribution in [0.25, 0.3) is 0 Å². The Morgan fingerprint density at radius 1 is 1.55 bits per heavy atom. The first-order valence-electron chi connectivity index (χ1n) is 6.72. The third-order valence-corrected chi connectivity index (χ3v) is 3.48. The molecule has 2 heterocycles. The number of aromatic nitrogens is 1. The van der Waals surface area contributed by atoms with Crippen molar-refractivity contribution in [3.05, 3.63) is 22.8 Å². The van der Waals surface area contributed by atoms with Gasteiger partial charge in [-0.05, 0) is 19.0 Å². The molecule has 2 rings (SSSR count). The van der Waals surface area contributed by atoms with Gasteiger partial charge < -0.3 is 15.4 Å². The lowest BCUT2D eigenvalue weighted by atomic mass is 10.1. The minimum absolute atomic E-state index is 0.0483. The zero-order valence-corrected chi connectivity index (χ0v) is 12.3. The number of halogens is 4. The number of alkyl halides is 3. The lowest BCUT2D eigenvalue weighted by Crippen LogP contribution is -2.34. The minimum Gasteiger partial charge on any atom is -0.475 e. The summed E-state index contributed by atoms with van der Waals surface area (Å²) in [6.07, 6.45) is -3.05. The van der Waals surface area contributed by atoms with Crippen LogP contribution in [0.2, 0.25) is 5.02 Å². The lowest BCUT2D eigenvalue weighted by Gasteiger charge is -2.12. The molecule has 1 amide bonds. The lowest BCUT2D eigenvalue weighted by molar-refractivity contribution is -0.137. The van der Waals surface area contributed by atoms with Crippen LogP contribution in [0.3, 0.4) is 0 Å². The molecule has 9 heteroatoms. The molecular formula is C13H15ClF3N3O2. The Hall–Kier alpha value is -1.54. The van der Waals surface area contributed by atoms with Gasteiger partial charge >= 0.3 is 6.18 Å². The van der Waals surface area contributed by atoms with Gasteiger partial charge in [-0.15, -0.1) is 0 Å². The fraction of sp³-hybridized carbons (Fsp3) is 0.538. The fourth-order valence-electron chi connectivity index (χ4n) is 2.03. The van der Waals surface area contributed by atoms with E-state index in [0.29, 0.717) is 12.7 Å². The third kappa shape index (κ3) is 4.48. The Morgan fingerprint density at radius 2 is 2.32 bits per heavy atom. The van der Waals surface area contributed by atoms with Crippen molar-refractivity contribution in [3.8, 4) is 5.88 Å². The predicted octanol–water partition coefficient (Wildman–Crippen LogP) is 1.86. The second-order valence-electron chi connectivity index (χ2n) is 4.84. The van der Waals surface area contributed by atoms with E-state index in [1.165, 1.54) is 0 Å². The standard InChI is InChI=1S/C13H15ClF3N3O2/c14-10-5-9(13(15,16)17)7-20-12(10)22-4-3-19-11(21)8-1-2-18-6-8/h5,7-8,18H,1-4,6H2,(H,19,21). The number of nitrogens with one attached hydrogen (secondary N) is 2. The van der Waals surface area contributed by atoms with Gasteiger partial charge in [-0.3, -0.25) is 4.79 Å². The van der Waals surface area contributed by atoms with Crippen molar-refractivity contribution in [2.45, 2.75) is 12.6 Å². The maximum atomic E-state index is 12.5. The summed E-state index contributed by atoms with van der Waals surface area (Å²) in [5.41, 5.74) is -0.938. The SMILES string of the molecule is O=C(NCCOc1ncc(C(F)(F)F)cc1Cl)C1CCNC1. The van der Waals surface area contributed by atoms with E-state index in [1.54, 1.807) is 0 Å². The fourth-order valence-corrected chi connectivity index (χ4v) is 2.25. The van der Waals surface area contributed by atoms with Crippen LogP contribution < -0.4 is 15.4 Å². The van der Waals surface area contributed by atoms with Gasteiger partial charge in [0.15, 0.2) is 0 Å². The molecule has 1 atom stereocenters. The molecule has 1 aromatic heterocycles. The van der Waals surface area contributed by atoms with Crippen molar-refractivity contribution < 1.29 is 22.7 Å². The van der Waals surface area contributed by atoms with Gasteiger partial charge in [0.05, 0.1) is 18.0 Å². The normalized spacial score (nSPS) is 18.3. The molecule has 0 saturated carbocycles. The third-order valence-electron chi connectivity index (χ3n) is 3.21. The summed E-state index contributed by atoms with van der Waals surface area (Å²) in [4.78, 5) is 15.2. The van der Waals surface area contributed by atoms with Crippen molar-refractivity contribution in [2.75, 3.05) is 26.2 Å². The summed E-state index contributed by atoms with van der Waals surface area (Å²) in [5.74, 6) is -0.209. The molecule has 0 aliphatic carbocycles. The summed E-state index contributed by atoms with van der Waals surface area (Å²) in [7, 11) is 0. The molecule has 1 fully saturated rings. The number of ether oxygens (including phenoxy) is 1. The largest absolute Gasteiger partial charge is 0.475 e. The Labute approximate surface area is 130 Å². The van der Waals surface area contributed by atoms with Gasteiger partial charge in [-0.1, -0.05) is 11.6 Å². The molecule has 22 heavy (non-hydrogen) atoms. The monoisotopic (exact) mass is 337 g/mol. The van der Waals surface area contributed by atoms with Gasteiger partial charge in [0, 0.05) is 12.7 Å². The molecule has 1 saturated heterocycles. The smallest absolute Gasteiger partial charge is 0.417 e. The molecule has 0 bridgehead atoms. The van der Waals surface area contributed by atoms with Crippen molar-refractivity contribution in [2.24, 2.45) is 5.92 Å². The number of rotatable bonds is 5. The Kier molecular flexibility index (Phi) is 5.47. The zero-order valence-electron chi connectivity index (χ0n) is 11.5. The average molecular weight is 338 g/mol. The number of nitrogens with zero attached hydrogens (tertiary/aromatic N) is 1. The van der Waals surface area contributed by atoms with Crippen LogP contribution in [0.1, 0.15) is 12.0 Å². The van der Waals surface area contributed by atoms with E-state index in [1.807, 2.05) is 0 Å². The quantitative estimate of drug-likeness (QED) is 0.805. The van der Waals surface area contributed by atoms with E-state index in [-0.39, 0.29) is 35.9 Å². The van der Waals surface area contributed by atoms with Crippen molar-refractivity contribution in [3.63, 3.8) is 0 Å². The maximum Gasteiger partial charge on any atom is 0.417 e. The molecule has 1 unspecified atom stereocenters. The molecular weight excluding hydrogens is 323 g/mol. The molecule has 0 aromatic carbocycles. The van der Waals surface area contributed by atoms with E-state index in [9.17, 15) is 18.0 Å².